The highest BCUT2D eigenvalue weighted by molar-refractivity contribution is 6.35. The lowest BCUT2D eigenvalue weighted by molar-refractivity contribution is -0.123. The van der Waals surface area contributed by atoms with E-state index in [1.54, 1.807) is 0 Å². The van der Waals surface area contributed by atoms with E-state index in [2.05, 4.69) is 26.3 Å². The van der Waals surface area contributed by atoms with Crippen LogP contribution in [-0.4, -0.2) is 45.9 Å². The highest BCUT2D eigenvalue weighted by Gasteiger charge is 2.24. The zero-order chi connectivity index (χ0) is 22.1. The van der Waals surface area contributed by atoms with Crippen molar-refractivity contribution in [3.8, 4) is 0 Å². The number of carbonyl (C=O) groups is 1. The maximum Gasteiger partial charge on any atom is 0.237 e. The van der Waals surface area contributed by atoms with Crippen LogP contribution in [0, 0.1) is 0 Å². The van der Waals surface area contributed by atoms with Crippen LogP contribution in [0.4, 0.5) is 0 Å². The number of nitrogens with two attached hydrogens (primary N) is 1. The summed E-state index contributed by atoms with van der Waals surface area (Å²) < 4.78 is 0. The molecule has 0 saturated carbocycles. The van der Waals surface area contributed by atoms with Gasteiger partial charge in [-0.2, -0.15) is 0 Å². The van der Waals surface area contributed by atoms with Gasteiger partial charge in [0.25, 0.3) is 0 Å². The molecule has 0 unspecified atom stereocenters. The molecule has 1 saturated heterocycles. The number of aromatic nitrogens is 2. The Kier molecular flexibility index (Phi) is 5.91. The quantitative estimate of drug-likeness (QED) is 0.359. The van der Waals surface area contributed by atoms with Gasteiger partial charge in [0.15, 0.2) is 0 Å². The summed E-state index contributed by atoms with van der Waals surface area (Å²) in [6.07, 6.45) is 6.36. The van der Waals surface area contributed by atoms with Crippen molar-refractivity contribution < 1.29 is 4.79 Å². The average Bonchev–Trinajstić information content (AvgIpc) is 3.40. The molecule has 7 heteroatoms. The Bertz CT molecular complexity index is 1240. The van der Waals surface area contributed by atoms with Crippen LogP contribution in [0.5, 0.6) is 0 Å². The molecule has 1 amide bonds. The van der Waals surface area contributed by atoms with Gasteiger partial charge in [0.05, 0.1) is 11.1 Å². The maximum atomic E-state index is 12.7. The minimum Gasteiger partial charge on any atom is -0.361 e. The number of hydrogen-bond donors (Lipinski definition) is 4. The molecular formula is C25H28ClN5O. The Labute approximate surface area is 192 Å². The fourth-order valence-electron chi connectivity index (χ4n) is 4.75. The molecule has 5 rings (SSSR count). The Morgan fingerprint density at radius 2 is 1.78 bits per heavy atom. The summed E-state index contributed by atoms with van der Waals surface area (Å²) in [5.74, 6) is -0.0721. The fourth-order valence-corrected chi connectivity index (χ4v) is 5.04. The van der Waals surface area contributed by atoms with Crippen LogP contribution in [0.3, 0.4) is 0 Å². The van der Waals surface area contributed by atoms with Crippen LogP contribution in [0.2, 0.25) is 5.02 Å². The number of piperidine rings is 1. The predicted molar refractivity (Wildman–Crippen MR) is 130 cm³/mol. The Morgan fingerprint density at radius 3 is 2.62 bits per heavy atom. The second kappa shape index (κ2) is 8.98. The summed E-state index contributed by atoms with van der Waals surface area (Å²) in [7, 11) is 0. The molecule has 1 aliphatic heterocycles. The highest BCUT2D eigenvalue weighted by atomic mass is 35.5. The van der Waals surface area contributed by atoms with Crippen molar-refractivity contribution in [2.75, 3.05) is 13.1 Å². The number of halogens is 1. The third-order valence-corrected chi connectivity index (χ3v) is 6.83. The molecule has 32 heavy (non-hydrogen) atoms. The van der Waals surface area contributed by atoms with E-state index in [-0.39, 0.29) is 11.9 Å². The first-order valence-corrected chi connectivity index (χ1v) is 11.5. The van der Waals surface area contributed by atoms with Gasteiger partial charge in [0.1, 0.15) is 0 Å². The summed E-state index contributed by atoms with van der Waals surface area (Å²) in [4.78, 5) is 21.7. The van der Waals surface area contributed by atoms with Gasteiger partial charge in [-0.15, -0.1) is 0 Å². The molecule has 0 aliphatic carbocycles. The van der Waals surface area contributed by atoms with Gasteiger partial charge in [-0.3, -0.25) is 9.69 Å². The van der Waals surface area contributed by atoms with E-state index in [9.17, 15) is 4.79 Å². The lowest BCUT2D eigenvalue weighted by Gasteiger charge is -2.32. The molecule has 1 atom stereocenters. The molecule has 4 aromatic rings. The minimum absolute atomic E-state index is 0.0721. The smallest absolute Gasteiger partial charge is 0.237 e. The first-order chi connectivity index (χ1) is 15.6. The van der Waals surface area contributed by atoms with E-state index in [1.807, 2.05) is 48.8 Å². The largest absolute Gasteiger partial charge is 0.361 e. The number of fused-ring (bicyclic) bond motifs is 2. The average molecular weight is 450 g/mol. The zero-order valence-corrected chi connectivity index (χ0v) is 18.7. The van der Waals surface area contributed by atoms with E-state index in [0.29, 0.717) is 6.42 Å². The number of carbonyl (C=O) groups excluding carboxylic acids is 1. The Hall–Kier alpha value is -2.80. The molecule has 1 fully saturated rings. The van der Waals surface area contributed by atoms with Crippen molar-refractivity contribution >= 4 is 39.3 Å². The van der Waals surface area contributed by atoms with E-state index in [4.69, 9.17) is 17.3 Å². The van der Waals surface area contributed by atoms with Crippen LogP contribution in [0.15, 0.2) is 54.9 Å². The zero-order valence-electron chi connectivity index (χ0n) is 17.9. The van der Waals surface area contributed by atoms with E-state index >= 15 is 0 Å². The number of nitrogens with one attached hydrogen (secondary N) is 3. The normalized spacial score (nSPS) is 16.6. The molecule has 0 spiro atoms. The number of aromatic amines is 2. The lowest BCUT2D eigenvalue weighted by atomic mass is 10.0. The van der Waals surface area contributed by atoms with Crippen LogP contribution in [-0.2, 0) is 17.8 Å². The van der Waals surface area contributed by atoms with Crippen molar-refractivity contribution in [3.05, 3.63) is 71.0 Å². The first kappa shape index (κ1) is 21.1. The van der Waals surface area contributed by atoms with E-state index in [0.717, 1.165) is 64.9 Å². The number of hydrogen-bond acceptors (Lipinski definition) is 3. The minimum atomic E-state index is -0.555. The van der Waals surface area contributed by atoms with Gasteiger partial charge in [-0.1, -0.05) is 35.9 Å². The molecule has 0 radical (unpaired) electrons. The van der Waals surface area contributed by atoms with E-state index in [1.165, 1.54) is 5.56 Å². The van der Waals surface area contributed by atoms with Crippen LogP contribution in [0.1, 0.15) is 24.0 Å². The molecule has 1 aliphatic rings. The number of benzene rings is 2. The summed E-state index contributed by atoms with van der Waals surface area (Å²) >= 11 is 6.41. The second-order valence-electron chi connectivity index (χ2n) is 8.71. The Balaban J connectivity index is 1.14. The van der Waals surface area contributed by atoms with Crippen LogP contribution >= 0.6 is 11.6 Å². The highest BCUT2D eigenvalue weighted by Crippen LogP contribution is 2.28. The molecule has 166 valence electrons. The fraction of sp³-hybridized carbons (Fsp3) is 0.320. The number of para-hydroxylation sites is 1. The third kappa shape index (κ3) is 4.26. The predicted octanol–water partition coefficient (Wildman–Crippen LogP) is 3.95. The van der Waals surface area contributed by atoms with Gasteiger partial charge in [0.2, 0.25) is 5.91 Å². The number of rotatable bonds is 6. The Morgan fingerprint density at radius 1 is 1.06 bits per heavy atom. The monoisotopic (exact) mass is 449 g/mol. The maximum absolute atomic E-state index is 12.7. The standard InChI is InChI=1S/C25H28ClN5O/c26-20-5-3-7-23-24(20)17(14-29-23)15-31-10-8-18(9-11-31)30-25(32)21(27)12-16-13-28-22-6-2-1-4-19(16)22/h1-7,13-14,18,21,28-29H,8-12,15,27H2,(H,30,32)/t21-/m0/s1. The lowest BCUT2D eigenvalue weighted by Crippen LogP contribution is -2.50. The molecule has 2 aromatic heterocycles. The molecule has 6 nitrogen and oxygen atoms in total. The summed E-state index contributed by atoms with van der Waals surface area (Å²) in [5.41, 5.74) is 10.7. The first-order valence-electron chi connectivity index (χ1n) is 11.2. The van der Waals surface area contributed by atoms with Crippen LogP contribution < -0.4 is 11.1 Å². The third-order valence-electron chi connectivity index (χ3n) is 6.52. The van der Waals surface area contributed by atoms with Gasteiger partial charge in [-0.25, -0.2) is 0 Å². The van der Waals surface area contributed by atoms with Crippen molar-refractivity contribution in [2.24, 2.45) is 5.73 Å². The molecular weight excluding hydrogens is 422 g/mol. The van der Waals surface area contributed by atoms with Gasteiger partial charge in [-0.05, 0) is 48.6 Å². The molecule has 5 N–H and O–H groups in total. The van der Waals surface area contributed by atoms with Gasteiger partial charge < -0.3 is 21.0 Å². The number of likely N-dealkylation sites (tertiary alicyclic amines) is 1. The number of nitrogens with zero attached hydrogens (tertiary/aromatic N) is 1. The summed E-state index contributed by atoms with van der Waals surface area (Å²) in [5, 5.41) is 6.18. The van der Waals surface area contributed by atoms with Crippen LogP contribution in [0.25, 0.3) is 21.8 Å². The molecule has 3 heterocycles. The topological polar surface area (TPSA) is 89.9 Å². The molecule has 2 aromatic carbocycles. The SMILES string of the molecule is N[C@@H](Cc1c[nH]c2ccccc12)C(=O)NC1CCN(Cc2c[nH]c3cccc(Cl)c23)CC1. The van der Waals surface area contributed by atoms with Crippen molar-refractivity contribution in [2.45, 2.75) is 37.9 Å². The second-order valence-corrected chi connectivity index (χ2v) is 9.11. The van der Waals surface area contributed by atoms with Crippen molar-refractivity contribution in [3.63, 3.8) is 0 Å². The summed E-state index contributed by atoms with van der Waals surface area (Å²) in [6, 6.07) is 13.6. The van der Waals surface area contributed by atoms with Crippen molar-refractivity contribution in [1.82, 2.24) is 20.2 Å². The van der Waals surface area contributed by atoms with Gasteiger partial charge in [0, 0.05) is 59.9 Å². The number of amides is 1. The van der Waals surface area contributed by atoms with Crippen molar-refractivity contribution in [1.29, 1.82) is 0 Å². The van der Waals surface area contributed by atoms with Gasteiger partial charge >= 0.3 is 0 Å². The summed E-state index contributed by atoms with van der Waals surface area (Å²) in [6.45, 7) is 2.71. The number of H-pyrrole nitrogens is 2. The van der Waals surface area contributed by atoms with E-state index < -0.39 is 6.04 Å². The molecule has 0 bridgehead atoms.